The van der Waals surface area contributed by atoms with Crippen LogP contribution in [0, 0.1) is 5.92 Å². The van der Waals surface area contributed by atoms with Gasteiger partial charge in [-0.3, -0.25) is 4.79 Å². The van der Waals surface area contributed by atoms with Crippen molar-refractivity contribution in [2.24, 2.45) is 5.92 Å². The summed E-state index contributed by atoms with van der Waals surface area (Å²) in [6.45, 7) is 2.22. The lowest BCUT2D eigenvalue weighted by molar-refractivity contribution is -0.133. The Morgan fingerprint density at radius 1 is 1.56 bits per heavy atom. The fourth-order valence-electron chi connectivity index (χ4n) is 2.40. The van der Waals surface area contributed by atoms with Gasteiger partial charge in [0.15, 0.2) is 5.82 Å². The van der Waals surface area contributed by atoms with Gasteiger partial charge in [-0.1, -0.05) is 18.5 Å². The van der Waals surface area contributed by atoms with E-state index in [1.165, 1.54) is 24.6 Å². The first-order valence-electron chi connectivity index (χ1n) is 6.31. The van der Waals surface area contributed by atoms with Crippen molar-refractivity contribution in [3.8, 4) is 0 Å². The maximum Gasteiger partial charge on any atom is 0.313 e. The Kier molecular flexibility index (Phi) is 4.63. The molecule has 2 atom stereocenters. The molecule has 0 aliphatic heterocycles. The highest BCUT2D eigenvalue weighted by atomic mass is 32.2. The summed E-state index contributed by atoms with van der Waals surface area (Å²) >= 11 is 1.28. The standard InChI is InChI=1S/C12H18N2O3S/c1-2-8-3-4-9(5-8)12-13-10(17-14-12)6-18-7-11(15)16/h8-9H,2-7H2,1H3,(H,15,16). The van der Waals surface area contributed by atoms with Gasteiger partial charge in [0.05, 0.1) is 11.5 Å². The van der Waals surface area contributed by atoms with Crippen molar-refractivity contribution in [3.63, 3.8) is 0 Å². The summed E-state index contributed by atoms with van der Waals surface area (Å²) in [7, 11) is 0. The predicted octanol–water partition coefficient (Wildman–Crippen LogP) is 2.68. The SMILES string of the molecule is CCC1CCC(c2noc(CSCC(=O)O)n2)C1. The van der Waals surface area contributed by atoms with Crippen molar-refractivity contribution in [3.05, 3.63) is 11.7 Å². The van der Waals surface area contributed by atoms with Crippen LogP contribution >= 0.6 is 11.8 Å². The highest BCUT2D eigenvalue weighted by Crippen LogP contribution is 2.38. The monoisotopic (exact) mass is 270 g/mol. The molecule has 0 spiro atoms. The quantitative estimate of drug-likeness (QED) is 0.856. The first-order chi connectivity index (χ1) is 8.69. The van der Waals surface area contributed by atoms with Crippen molar-refractivity contribution < 1.29 is 14.4 Å². The molecule has 1 saturated carbocycles. The molecule has 1 heterocycles. The third-order valence-electron chi connectivity index (χ3n) is 3.42. The molecule has 1 fully saturated rings. The first-order valence-corrected chi connectivity index (χ1v) is 7.46. The smallest absolute Gasteiger partial charge is 0.313 e. The van der Waals surface area contributed by atoms with Gasteiger partial charge in [-0.25, -0.2) is 0 Å². The highest BCUT2D eigenvalue weighted by molar-refractivity contribution is 7.99. The third kappa shape index (κ3) is 3.48. The molecule has 0 bridgehead atoms. The summed E-state index contributed by atoms with van der Waals surface area (Å²) in [6, 6.07) is 0. The topological polar surface area (TPSA) is 76.2 Å². The van der Waals surface area contributed by atoms with E-state index in [0.717, 1.165) is 24.6 Å². The Morgan fingerprint density at radius 3 is 3.06 bits per heavy atom. The van der Waals surface area contributed by atoms with Gasteiger partial charge in [-0.05, 0) is 25.2 Å². The zero-order chi connectivity index (χ0) is 13.0. The minimum atomic E-state index is -0.818. The van der Waals surface area contributed by atoms with Crippen molar-refractivity contribution in [1.29, 1.82) is 0 Å². The van der Waals surface area contributed by atoms with E-state index in [4.69, 9.17) is 9.63 Å². The second-order valence-corrected chi connectivity index (χ2v) is 5.70. The van der Waals surface area contributed by atoms with Crippen LogP contribution < -0.4 is 0 Å². The van der Waals surface area contributed by atoms with E-state index < -0.39 is 5.97 Å². The van der Waals surface area contributed by atoms with E-state index in [-0.39, 0.29) is 5.75 Å². The van der Waals surface area contributed by atoms with Gasteiger partial charge < -0.3 is 9.63 Å². The van der Waals surface area contributed by atoms with Crippen LogP contribution in [-0.2, 0) is 10.5 Å². The molecule has 1 aliphatic carbocycles. The van der Waals surface area contributed by atoms with Gasteiger partial charge in [0.1, 0.15) is 0 Å². The summed E-state index contributed by atoms with van der Waals surface area (Å²) in [5.74, 6) is 2.28. The normalized spacial score (nSPS) is 23.4. The molecule has 2 rings (SSSR count). The zero-order valence-corrected chi connectivity index (χ0v) is 11.3. The molecule has 18 heavy (non-hydrogen) atoms. The van der Waals surface area contributed by atoms with Crippen LogP contribution in [0.2, 0.25) is 0 Å². The molecule has 6 heteroatoms. The van der Waals surface area contributed by atoms with E-state index in [1.807, 2.05) is 0 Å². The Hall–Kier alpha value is -1.04. The van der Waals surface area contributed by atoms with E-state index >= 15 is 0 Å². The number of carboxylic acids is 1. The van der Waals surface area contributed by atoms with Crippen LogP contribution in [0.15, 0.2) is 4.52 Å². The number of carboxylic acid groups (broad SMARTS) is 1. The Balaban J connectivity index is 1.84. The maximum absolute atomic E-state index is 10.4. The van der Waals surface area contributed by atoms with Crippen LogP contribution in [0.3, 0.4) is 0 Å². The van der Waals surface area contributed by atoms with Crippen LogP contribution in [-0.4, -0.2) is 27.0 Å². The predicted molar refractivity (Wildman–Crippen MR) is 68.5 cm³/mol. The molecule has 2 unspecified atom stereocenters. The number of aliphatic carboxylic acids is 1. The highest BCUT2D eigenvalue weighted by Gasteiger charge is 2.28. The lowest BCUT2D eigenvalue weighted by Crippen LogP contribution is -1.99. The van der Waals surface area contributed by atoms with Crippen LogP contribution in [0.25, 0.3) is 0 Å². The van der Waals surface area contributed by atoms with E-state index in [1.54, 1.807) is 0 Å². The number of thioether (sulfide) groups is 1. The lowest BCUT2D eigenvalue weighted by Gasteiger charge is -2.04. The molecule has 0 radical (unpaired) electrons. The second kappa shape index (κ2) is 6.22. The third-order valence-corrected chi connectivity index (χ3v) is 4.32. The Bertz CT molecular complexity index is 408. The maximum atomic E-state index is 10.4. The largest absolute Gasteiger partial charge is 0.481 e. The molecule has 0 amide bonds. The molecule has 1 aliphatic rings. The average molecular weight is 270 g/mol. The summed E-state index contributed by atoms with van der Waals surface area (Å²) in [5, 5.41) is 12.6. The van der Waals surface area contributed by atoms with Gasteiger partial charge in [0, 0.05) is 5.92 Å². The minimum Gasteiger partial charge on any atom is -0.481 e. The molecule has 100 valence electrons. The molecular formula is C12H18N2O3S. The van der Waals surface area contributed by atoms with Gasteiger partial charge in [-0.2, -0.15) is 4.98 Å². The number of rotatable bonds is 6. The molecule has 1 N–H and O–H groups in total. The van der Waals surface area contributed by atoms with E-state index in [2.05, 4.69) is 17.1 Å². The average Bonchev–Trinajstić information content (AvgIpc) is 2.95. The fourth-order valence-corrected chi connectivity index (χ4v) is 2.97. The summed E-state index contributed by atoms with van der Waals surface area (Å²) in [4.78, 5) is 14.8. The summed E-state index contributed by atoms with van der Waals surface area (Å²) in [6.07, 6.45) is 4.76. The van der Waals surface area contributed by atoms with Crippen molar-refractivity contribution >= 4 is 17.7 Å². The van der Waals surface area contributed by atoms with Crippen molar-refractivity contribution in [1.82, 2.24) is 10.1 Å². The van der Waals surface area contributed by atoms with Crippen molar-refractivity contribution in [2.75, 3.05) is 5.75 Å². The number of aromatic nitrogens is 2. The minimum absolute atomic E-state index is 0.0685. The van der Waals surface area contributed by atoms with Gasteiger partial charge in [0.25, 0.3) is 0 Å². The number of hydrogen-bond acceptors (Lipinski definition) is 5. The fraction of sp³-hybridized carbons (Fsp3) is 0.750. The van der Waals surface area contributed by atoms with Crippen LogP contribution in [0.1, 0.15) is 50.2 Å². The molecule has 0 aromatic carbocycles. The van der Waals surface area contributed by atoms with Crippen LogP contribution in [0.5, 0.6) is 0 Å². The number of nitrogens with zero attached hydrogens (tertiary/aromatic N) is 2. The lowest BCUT2D eigenvalue weighted by atomic mass is 10.0. The summed E-state index contributed by atoms with van der Waals surface area (Å²) in [5.41, 5.74) is 0. The second-order valence-electron chi connectivity index (χ2n) is 4.72. The van der Waals surface area contributed by atoms with Crippen LogP contribution in [0.4, 0.5) is 0 Å². The molecule has 5 nitrogen and oxygen atoms in total. The Morgan fingerprint density at radius 2 is 2.39 bits per heavy atom. The number of carbonyl (C=O) groups is 1. The van der Waals surface area contributed by atoms with E-state index in [0.29, 0.717) is 17.6 Å². The Labute approximate surface area is 110 Å². The number of hydrogen-bond donors (Lipinski definition) is 1. The van der Waals surface area contributed by atoms with Gasteiger partial charge in [-0.15, -0.1) is 11.8 Å². The van der Waals surface area contributed by atoms with Gasteiger partial charge in [0.2, 0.25) is 5.89 Å². The molecular weight excluding hydrogens is 252 g/mol. The van der Waals surface area contributed by atoms with Crippen molar-refractivity contribution in [2.45, 2.75) is 44.3 Å². The van der Waals surface area contributed by atoms with Gasteiger partial charge >= 0.3 is 5.97 Å². The summed E-state index contributed by atoms with van der Waals surface area (Å²) < 4.78 is 5.15. The molecule has 1 aromatic heterocycles. The first kappa shape index (κ1) is 13.4. The zero-order valence-electron chi connectivity index (χ0n) is 10.5. The molecule has 0 saturated heterocycles. The van der Waals surface area contributed by atoms with E-state index in [9.17, 15) is 4.79 Å². The molecule has 1 aromatic rings.